The van der Waals surface area contributed by atoms with E-state index in [0.29, 0.717) is 12.8 Å². The van der Waals surface area contributed by atoms with E-state index in [1.54, 1.807) is 12.0 Å². The number of rotatable bonds is 3. The zero-order valence-electron chi connectivity index (χ0n) is 14.5. The molecule has 1 aromatic rings. The maximum atomic E-state index is 13.1. The van der Waals surface area contributed by atoms with Gasteiger partial charge >= 0.3 is 0 Å². The Morgan fingerprint density at radius 1 is 1.12 bits per heavy atom. The minimum atomic E-state index is -0.188. The van der Waals surface area contributed by atoms with E-state index in [9.17, 15) is 9.59 Å². The van der Waals surface area contributed by atoms with Gasteiger partial charge in [-0.2, -0.15) is 0 Å². The van der Waals surface area contributed by atoms with Crippen LogP contribution in [-0.4, -0.2) is 48.9 Å². The highest BCUT2D eigenvalue weighted by Crippen LogP contribution is 2.37. The molecule has 0 N–H and O–H groups in total. The molecule has 2 aliphatic rings. The van der Waals surface area contributed by atoms with E-state index >= 15 is 0 Å². The highest BCUT2D eigenvalue weighted by atomic mass is 16.5. The van der Waals surface area contributed by atoms with Crippen LogP contribution in [0, 0.1) is 5.92 Å². The van der Waals surface area contributed by atoms with Crippen LogP contribution in [0.2, 0.25) is 0 Å². The number of benzene rings is 1. The summed E-state index contributed by atoms with van der Waals surface area (Å²) in [4.78, 5) is 29.0. The molecule has 2 fully saturated rings. The van der Waals surface area contributed by atoms with E-state index in [4.69, 9.17) is 4.74 Å². The number of nitrogens with zero attached hydrogens (tertiary/aromatic N) is 2. The second-order valence-electron chi connectivity index (χ2n) is 6.75. The van der Waals surface area contributed by atoms with Gasteiger partial charge in [0, 0.05) is 26.6 Å². The summed E-state index contributed by atoms with van der Waals surface area (Å²) in [5.74, 6) is 0.940. The number of carbonyl (C=O) groups is 2. The van der Waals surface area contributed by atoms with Crippen LogP contribution in [0.5, 0.6) is 5.75 Å². The standard InChI is InChI=1S/C19H26N2O3/c1-20-17(22)11-10-16(19(23)21-12-4-3-5-13-21)18(20)14-6-8-15(24-2)9-7-14/h6-9,16,18H,3-5,10-13H2,1-2H3/t16-,18-/m0/s1. The Balaban J connectivity index is 1.86. The Hall–Kier alpha value is -2.04. The third-order valence-electron chi connectivity index (χ3n) is 5.30. The molecule has 0 bridgehead atoms. The van der Waals surface area contributed by atoms with E-state index in [-0.39, 0.29) is 23.8 Å². The Morgan fingerprint density at radius 2 is 1.79 bits per heavy atom. The SMILES string of the molecule is COc1ccc([C@H]2[C@@H](C(=O)N3CCCCC3)CCC(=O)N2C)cc1. The van der Waals surface area contributed by atoms with E-state index in [1.165, 1.54) is 6.42 Å². The summed E-state index contributed by atoms with van der Waals surface area (Å²) in [6.45, 7) is 1.70. The van der Waals surface area contributed by atoms with Gasteiger partial charge < -0.3 is 14.5 Å². The second-order valence-corrected chi connectivity index (χ2v) is 6.75. The average molecular weight is 330 g/mol. The molecule has 2 amide bonds. The lowest BCUT2D eigenvalue weighted by Crippen LogP contribution is -2.48. The van der Waals surface area contributed by atoms with Gasteiger partial charge in [0.05, 0.1) is 19.1 Å². The van der Waals surface area contributed by atoms with Crippen molar-refractivity contribution >= 4 is 11.8 Å². The molecule has 24 heavy (non-hydrogen) atoms. The number of carbonyl (C=O) groups excluding carboxylic acids is 2. The highest BCUT2D eigenvalue weighted by molar-refractivity contribution is 5.85. The summed E-state index contributed by atoms with van der Waals surface area (Å²) in [5, 5.41) is 0. The van der Waals surface area contributed by atoms with Crippen LogP contribution in [0.4, 0.5) is 0 Å². The number of hydrogen-bond acceptors (Lipinski definition) is 3. The second kappa shape index (κ2) is 7.24. The third kappa shape index (κ3) is 3.25. The van der Waals surface area contributed by atoms with Gasteiger partial charge in [-0.15, -0.1) is 0 Å². The van der Waals surface area contributed by atoms with Gasteiger partial charge in [0.25, 0.3) is 0 Å². The summed E-state index contributed by atoms with van der Waals surface area (Å²) in [6, 6.07) is 7.53. The number of methoxy groups -OCH3 is 1. The molecule has 5 nitrogen and oxygen atoms in total. The molecule has 0 radical (unpaired) electrons. The first-order chi connectivity index (χ1) is 11.6. The first-order valence-electron chi connectivity index (χ1n) is 8.80. The molecule has 130 valence electrons. The molecule has 0 aliphatic carbocycles. The Morgan fingerprint density at radius 3 is 2.42 bits per heavy atom. The van der Waals surface area contributed by atoms with Gasteiger partial charge in [-0.05, 0) is 43.4 Å². The van der Waals surface area contributed by atoms with Crippen molar-refractivity contribution in [2.75, 3.05) is 27.2 Å². The molecular weight excluding hydrogens is 304 g/mol. The molecule has 2 saturated heterocycles. The lowest BCUT2D eigenvalue weighted by Gasteiger charge is -2.41. The van der Waals surface area contributed by atoms with Gasteiger partial charge in [-0.1, -0.05) is 12.1 Å². The zero-order chi connectivity index (χ0) is 17.1. The van der Waals surface area contributed by atoms with Gasteiger partial charge in [0.15, 0.2) is 0 Å². The summed E-state index contributed by atoms with van der Waals surface area (Å²) in [5.41, 5.74) is 1.00. The van der Waals surface area contributed by atoms with Crippen LogP contribution in [0.1, 0.15) is 43.7 Å². The quantitative estimate of drug-likeness (QED) is 0.856. The third-order valence-corrected chi connectivity index (χ3v) is 5.30. The number of likely N-dealkylation sites (tertiary alicyclic amines) is 2. The van der Waals surface area contributed by atoms with Crippen molar-refractivity contribution in [2.24, 2.45) is 5.92 Å². The van der Waals surface area contributed by atoms with E-state index in [1.807, 2.05) is 36.2 Å². The lowest BCUT2D eigenvalue weighted by atomic mass is 9.83. The van der Waals surface area contributed by atoms with Crippen LogP contribution in [0.15, 0.2) is 24.3 Å². The fourth-order valence-electron chi connectivity index (χ4n) is 3.90. The van der Waals surface area contributed by atoms with Gasteiger partial charge in [0.1, 0.15) is 5.75 Å². The topological polar surface area (TPSA) is 49.9 Å². The minimum absolute atomic E-state index is 0.110. The molecule has 2 atom stereocenters. The van der Waals surface area contributed by atoms with Crippen LogP contribution in [0.3, 0.4) is 0 Å². The lowest BCUT2D eigenvalue weighted by molar-refractivity contribution is -0.147. The molecule has 5 heteroatoms. The average Bonchev–Trinajstić information content (AvgIpc) is 2.64. The van der Waals surface area contributed by atoms with Crippen molar-refractivity contribution in [3.63, 3.8) is 0 Å². The number of amides is 2. The van der Waals surface area contributed by atoms with Gasteiger partial charge in [-0.25, -0.2) is 0 Å². The van der Waals surface area contributed by atoms with Crippen LogP contribution < -0.4 is 4.74 Å². The molecule has 0 spiro atoms. The summed E-state index contributed by atoms with van der Waals surface area (Å²) < 4.78 is 5.22. The minimum Gasteiger partial charge on any atom is -0.497 e. The molecule has 2 heterocycles. The highest BCUT2D eigenvalue weighted by Gasteiger charge is 2.40. The predicted molar refractivity (Wildman–Crippen MR) is 91.7 cm³/mol. The maximum absolute atomic E-state index is 13.1. The molecular formula is C19H26N2O3. The summed E-state index contributed by atoms with van der Waals surface area (Å²) in [6.07, 6.45) is 4.46. The molecule has 0 saturated carbocycles. The Bertz CT molecular complexity index is 593. The van der Waals surface area contributed by atoms with Gasteiger partial charge in [0.2, 0.25) is 11.8 Å². The number of piperidine rings is 2. The summed E-state index contributed by atoms with van der Waals surface area (Å²) in [7, 11) is 3.45. The fraction of sp³-hybridized carbons (Fsp3) is 0.579. The normalized spacial score (nSPS) is 24.8. The Kier molecular flexibility index (Phi) is 5.07. The van der Waals surface area contributed by atoms with Gasteiger partial charge in [-0.3, -0.25) is 9.59 Å². The fourth-order valence-corrected chi connectivity index (χ4v) is 3.90. The molecule has 0 unspecified atom stereocenters. The van der Waals surface area contributed by atoms with Crippen LogP contribution >= 0.6 is 0 Å². The van der Waals surface area contributed by atoms with Crippen LogP contribution in [0.25, 0.3) is 0 Å². The van der Waals surface area contributed by atoms with Crippen LogP contribution in [-0.2, 0) is 9.59 Å². The molecule has 1 aromatic carbocycles. The first-order valence-corrected chi connectivity index (χ1v) is 8.80. The molecule has 2 aliphatic heterocycles. The Labute approximate surface area is 143 Å². The van der Waals surface area contributed by atoms with Crippen molar-refractivity contribution in [1.82, 2.24) is 9.80 Å². The van der Waals surface area contributed by atoms with Crippen molar-refractivity contribution in [3.8, 4) is 5.75 Å². The van der Waals surface area contributed by atoms with Crippen molar-refractivity contribution in [3.05, 3.63) is 29.8 Å². The molecule has 3 rings (SSSR count). The molecule has 0 aromatic heterocycles. The first kappa shape index (κ1) is 16.8. The van der Waals surface area contributed by atoms with E-state index in [2.05, 4.69) is 0 Å². The zero-order valence-corrected chi connectivity index (χ0v) is 14.5. The predicted octanol–water partition coefficient (Wildman–Crippen LogP) is 2.62. The largest absolute Gasteiger partial charge is 0.497 e. The van der Waals surface area contributed by atoms with Crippen molar-refractivity contribution in [1.29, 1.82) is 0 Å². The number of hydrogen-bond donors (Lipinski definition) is 0. The summed E-state index contributed by atoms with van der Waals surface area (Å²) >= 11 is 0. The van der Waals surface area contributed by atoms with Crippen molar-refractivity contribution in [2.45, 2.75) is 38.1 Å². The monoisotopic (exact) mass is 330 g/mol. The van der Waals surface area contributed by atoms with E-state index in [0.717, 1.165) is 37.2 Å². The smallest absolute Gasteiger partial charge is 0.228 e. The van der Waals surface area contributed by atoms with E-state index < -0.39 is 0 Å². The number of ether oxygens (including phenoxy) is 1. The maximum Gasteiger partial charge on any atom is 0.228 e. The van der Waals surface area contributed by atoms with Crippen molar-refractivity contribution < 1.29 is 14.3 Å².